The highest BCUT2D eigenvalue weighted by Crippen LogP contribution is 2.23. The standard InChI is InChI=1S/C22H32N6O3/c1-2-31-19-9-4-3-6-16(19)15-23-20-25-21(24-17-7-5-8-18(29)14-17)27-22(26-20)28-10-12-30-13-11-28/h3-4,6,9,17-18,29H,2,5,7-8,10-15H2,1H3,(H2,23,24,25,26,27)/t17-,18+/m1/s1. The van der Waals surface area contributed by atoms with Crippen molar-refractivity contribution in [3.8, 4) is 5.75 Å². The van der Waals surface area contributed by atoms with E-state index < -0.39 is 0 Å². The van der Waals surface area contributed by atoms with E-state index in [2.05, 4.69) is 30.5 Å². The van der Waals surface area contributed by atoms with E-state index >= 15 is 0 Å². The molecule has 3 N–H and O–H groups in total. The van der Waals surface area contributed by atoms with Crippen LogP contribution in [0, 0.1) is 0 Å². The molecule has 1 aliphatic heterocycles. The molecule has 0 radical (unpaired) electrons. The van der Waals surface area contributed by atoms with E-state index in [1.54, 1.807) is 0 Å². The first-order valence-electron chi connectivity index (χ1n) is 11.2. The Morgan fingerprint density at radius 3 is 2.74 bits per heavy atom. The van der Waals surface area contributed by atoms with Crippen LogP contribution in [-0.2, 0) is 11.3 Å². The van der Waals surface area contributed by atoms with Crippen molar-refractivity contribution in [1.82, 2.24) is 15.0 Å². The Kier molecular flexibility index (Phi) is 7.37. The van der Waals surface area contributed by atoms with Gasteiger partial charge in [0, 0.05) is 31.2 Å². The Morgan fingerprint density at radius 1 is 1.13 bits per heavy atom. The van der Waals surface area contributed by atoms with Crippen molar-refractivity contribution in [3.05, 3.63) is 29.8 Å². The molecule has 1 aromatic heterocycles. The third-order valence-electron chi connectivity index (χ3n) is 5.61. The molecule has 4 rings (SSSR count). The van der Waals surface area contributed by atoms with Crippen molar-refractivity contribution >= 4 is 17.8 Å². The summed E-state index contributed by atoms with van der Waals surface area (Å²) in [6, 6.07) is 8.12. The second-order valence-electron chi connectivity index (χ2n) is 7.94. The number of rotatable bonds is 8. The summed E-state index contributed by atoms with van der Waals surface area (Å²) in [7, 11) is 0. The molecule has 1 aliphatic carbocycles. The second-order valence-corrected chi connectivity index (χ2v) is 7.94. The molecular weight excluding hydrogens is 396 g/mol. The highest BCUT2D eigenvalue weighted by molar-refractivity contribution is 5.45. The lowest BCUT2D eigenvalue weighted by Gasteiger charge is -2.29. The van der Waals surface area contributed by atoms with Gasteiger partial charge in [-0.1, -0.05) is 18.2 Å². The van der Waals surface area contributed by atoms with Gasteiger partial charge in [0.25, 0.3) is 0 Å². The van der Waals surface area contributed by atoms with Crippen LogP contribution in [0.4, 0.5) is 17.8 Å². The van der Waals surface area contributed by atoms with Crippen LogP contribution in [0.1, 0.15) is 38.2 Å². The number of nitrogens with one attached hydrogen (secondary N) is 2. The SMILES string of the molecule is CCOc1ccccc1CNc1nc(N[C@@H]2CCC[C@H](O)C2)nc(N2CCOCC2)n1. The summed E-state index contributed by atoms with van der Waals surface area (Å²) in [5.74, 6) is 2.55. The average Bonchev–Trinajstić information content (AvgIpc) is 2.79. The number of hydrogen-bond acceptors (Lipinski definition) is 9. The minimum Gasteiger partial charge on any atom is -0.494 e. The topological polar surface area (TPSA) is 105 Å². The Morgan fingerprint density at radius 2 is 1.94 bits per heavy atom. The zero-order chi connectivity index (χ0) is 21.5. The van der Waals surface area contributed by atoms with Crippen molar-refractivity contribution in [2.75, 3.05) is 48.4 Å². The van der Waals surface area contributed by atoms with Crippen molar-refractivity contribution in [3.63, 3.8) is 0 Å². The van der Waals surface area contributed by atoms with E-state index in [1.807, 2.05) is 31.2 Å². The Labute approximate surface area is 183 Å². The lowest BCUT2D eigenvalue weighted by atomic mass is 9.93. The quantitative estimate of drug-likeness (QED) is 0.585. The zero-order valence-electron chi connectivity index (χ0n) is 18.1. The maximum atomic E-state index is 10.0. The third-order valence-corrected chi connectivity index (χ3v) is 5.61. The largest absolute Gasteiger partial charge is 0.494 e. The number of morpholine rings is 1. The van der Waals surface area contributed by atoms with Gasteiger partial charge in [-0.15, -0.1) is 0 Å². The summed E-state index contributed by atoms with van der Waals surface area (Å²) in [6.45, 7) is 5.96. The Bertz CT molecular complexity index is 846. The van der Waals surface area contributed by atoms with Crippen LogP contribution in [-0.4, -0.2) is 65.1 Å². The lowest BCUT2D eigenvalue weighted by molar-refractivity contribution is 0.122. The predicted molar refractivity (Wildman–Crippen MR) is 120 cm³/mol. The van der Waals surface area contributed by atoms with Gasteiger partial charge in [-0.05, 0) is 38.7 Å². The molecule has 1 saturated carbocycles. The van der Waals surface area contributed by atoms with Crippen LogP contribution in [0.5, 0.6) is 5.75 Å². The maximum Gasteiger partial charge on any atom is 0.232 e. The molecule has 2 atom stereocenters. The first-order valence-corrected chi connectivity index (χ1v) is 11.2. The molecule has 0 bridgehead atoms. The summed E-state index contributed by atoms with van der Waals surface area (Å²) in [6.07, 6.45) is 3.31. The summed E-state index contributed by atoms with van der Waals surface area (Å²) in [5.41, 5.74) is 1.04. The summed E-state index contributed by atoms with van der Waals surface area (Å²) >= 11 is 0. The molecule has 2 aromatic rings. The molecule has 9 nitrogen and oxygen atoms in total. The molecule has 1 aromatic carbocycles. The van der Waals surface area contributed by atoms with Crippen molar-refractivity contribution in [2.24, 2.45) is 0 Å². The number of nitrogens with zero attached hydrogens (tertiary/aromatic N) is 4. The summed E-state index contributed by atoms with van der Waals surface area (Å²) < 4.78 is 11.2. The van der Waals surface area contributed by atoms with Crippen LogP contribution in [0.15, 0.2) is 24.3 Å². The fourth-order valence-electron chi connectivity index (χ4n) is 4.01. The number of aliphatic hydroxyl groups excluding tert-OH is 1. The van der Waals surface area contributed by atoms with Gasteiger partial charge < -0.3 is 30.1 Å². The molecule has 2 heterocycles. The van der Waals surface area contributed by atoms with Crippen molar-refractivity contribution < 1.29 is 14.6 Å². The molecule has 31 heavy (non-hydrogen) atoms. The molecule has 168 valence electrons. The molecule has 9 heteroatoms. The zero-order valence-corrected chi connectivity index (χ0v) is 18.1. The van der Waals surface area contributed by atoms with E-state index in [9.17, 15) is 5.11 Å². The minimum absolute atomic E-state index is 0.162. The number of aliphatic hydroxyl groups is 1. The molecule has 0 spiro atoms. The number of anilines is 3. The van der Waals surface area contributed by atoms with Crippen LogP contribution in [0.25, 0.3) is 0 Å². The Balaban J connectivity index is 1.52. The average molecular weight is 429 g/mol. The highest BCUT2D eigenvalue weighted by Gasteiger charge is 2.22. The van der Waals surface area contributed by atoms with Gasteiger partial charge in [-0.2, -0.15) is 15.0 Å². The smallest absolute Gasteiger partial charge is 0.232 e. The van der Waals surface area contributed by atoms with Crippen molar-refractivity contribution in [2.45, 2.75) is 51.3 Å². The van der Waals surface area contributed by atoms with E-state index in [0.29, 0.717) is 50.6 Å². The van der Waals surface area contributed by atoms with Crippen LogP contribution < -0.4 is 20.3 Å². The molecular formula is C22H32N6O3. The number of benzene rings is 1. The number of ether oxygens (including phenoxy) is 2. The highest BCUT2D eigenvalue weighted by atomic mass is 16.5. The third kappa shape index (κ3) is 5.95. The number of aromatic nitrogens is 3. The van der Waals surface area contributed by atoms with E-state index in [-0.39, 0.29) is 12.1 Å². The Hall–Kier alpha value is -2.65. The first kappa shape index (κ1) is 21.6. The molecule has 2 fully saturated rings. The van der Waals surface area contributed by atoms with Gasteiger partial charge in [0.05, 0.1) is 25.9 Å². The van der Waals surface area contributed by atoms with E-state index in [1.165, 1.54) is 0 Å². The monoisotopic (exact) mass is 428 g/mol. The molecule has 0 unspecified atom stereocenters. The van der Waals surface area contributed by atoms with Gasteiger partial charge in [0.15, 0.2) is 0 Å². The fourth-order valence-corrected chi connectivity index (χ4v) is 4.01. The first-order chi connectivity index (χ1) is 15.2. The van der Waals surface area contributed by atoms with E-state index in [0.717, 1.165) is 43.7 Å². The molecule has 2 aliphatic rings. The van der Waals surface area contributed by atoms with Crippen LogP contribution >= 0.6 is 0 Å². The van der Waals surface area contributed by atoms with Gasteiger partial charge in [0.2, 0.25) is 17.8 Å². The maximum absolute atomic E-state index is 10.0. The van der Waals surface area contributed by atoms with Crippen LogP contribution in [0.2, 0.25) is 0 Å². The summed E-state index contributed by atoms with van der Waals surface area (Å²) in [4.78, 5) is 16.1. The number of hydrogen-bond donors (Lipinski definition) is 3. The van der Waals surface area contributed by atoms with Crippen LogP contribution in [0.3, 0.4) is 0 Å². The minimum atomic E-state index is -0.264. The number of para-hydroxylation sites is 1. The predicted octanol–water partition coefficient (Wildman–Crippen LogP) is 2.43. The van der Waals surface area contributed by atoms with E-state index in [4.69, 9.17) is 9.47 Å². The molecule has 1 saturated heterocycles. The lowest BCUT2D eigenvalue weighted by Crippen LogP contribution is -2.38. The second kappa shape index (κ2) is 10.6. The fraction of sp³-hybridized carbons (Fsp3) is 0.591. The van der Waals surface area contributed by atoms with Gasteiger partial charge in [0.1, 0.15) is 5.75 Å². The van der Waals surface area contributed by atoms with Crippen molar-refractivity contribution in [1.29, 1.82) is 0 Å². The van der Waals surface area contributed by atoms with Gasteiger partial charge in [-0.25, -0.2) is 0 Å². The van der Waals surface area contributed by atoms with Gasteiger partial charge >= 0.3 is 0 Å². The summed E-state index contributed by atoms with van der Waals surface area (Å²) in [5, 5.41) is 16.8. The molecule has 0 amide bonds. The normalized spacial score (nSPS) is 21.5. The van der Waals surface area contributed by atoms with Gasteiger partial charge in [-0.3, -0.25) is 0 Å².